The van der Waals surface area contributed by atoms with Gasteiger partial charge in [-0.05, 0) is 19.8 Å². The highest BCUT2D eigenvalue weighted by atomic mass is 16.1. The molecule has 0 aliphatic heterocycles. The number of nitrogens with zero attached hydrogens (tertiary/aromatic N) is 4. The van der Waals surface area contributed by atoms with Gasteiger partial charge in [0.15, 0.2) is 11.3 Å². The van der Waals surface area contributed by atoms with Gasteiger partial charge in [-0.2, -0.15) is 21.0 Å². The maximum atomic E-state index is 12.1. The van der Waals surface area contributed by atoms with E-state index in [9.17, 15) is 15.3 Å². The molecule has 0 N–H and O–H groups in total. The second kappa shape index (κ2) is 4.87. The van der Waals surface area contributed by atoms with E-state index in [0.29, 0.717) is 12.8 Å². The van der Waals surface area contributed by atoms with Gasteiger partial charge in [0.2, 0.25) is 0 Å². The van der Waals surface area contributed by atoms with Gasteiger partial charge in [-0.3, -0.25) is 4.79 Å². The van der Waals surface area contributed by atoms with Crippen molar-refractivity contribution in [2.24, 2.45) is 16.7 Å². The van der Waals surface area contributed by atoms with Crippen molar-refractivity contribution >= 4 is 5.78 Å². The third-order valence-electron chi connectivity index (χ3n) is 3.86. The molecule has 90 valence electrons. The minimum absolute atomic E-state index is 0.202. The summed E-state index contributed by atoms with van der Waals surface area (Å²) in [6, 6.07) is 6.92. The molecule has 0 amide bonds. The molecule has 1 aliphatic carbocycles. The van der Waals surface area contributed by atoms with Crippen molar-refractivity contribution < 1.29 is 4.79 Å². The highest BCUT2D eigenvalue weighted by Gasteiger charge is 2.59. The molecule has 0 radical (unpaired) electrons. The Labute approximate surface area is 106 Å². The van der Waals surface area contributed by atoms with Crippen LogP contribution in [-0.2, 0) is 4.79 Å². The Kier molecular flexibility index (Phi) is 3.70. The maximum Gasteiger partial charge on any atom is 0.184 e. The van der Waals surface area contributed by atoms with Crippen molar-refractivity contribution in [1.29, 1.82) is 21.0 Å². The fraction of sp³-hybridized carbons (Fsp3) is 0.615. The summed E-state index contributed by atoms with van der Waals surface area (Å²) in [5.41, 5.74) is -3.11. The molecule has 5 nitrogen and oxygen atoms in total. The van der Waals surface area contributed by atoms with E-state index >= 15 is 0 Å². The zero-order chi connectivity index (χ0) is 13.8. The molecule has 1 saturated carbocycles. The predicted molar refractivity (Wildman–Crippen MR) is 60.0 cm³/mol. The topological polar surface area (TPSA) is 112 Å². The number of carbonyl (C=O) groups is 1. The lowest BCUT2D eigenvalue weighted by Gasteiger charge is -2.41. The molecule has 1 unspecified atom stereocenters. The molecule has 1 rings (SSSR count). The van der Waals surface area contributed by atoms with Crippen molar-refractivity contribution in [3.8, 4) is 24.3 Å². The number of carbonyl (C=O) groups excluding carboxylic acids is 1. The SMILES string of the molecule is CC1(C(C#N)(C#N)C(C#N)C#N)CCCCC1=O. The van der Waals surface area contributed by atoms with Crippen LogP contribution in [0, 0.1) is 62.1 Å². The molecule has 0 bridgehead atoms. The highest BCUT2D eigenvalue weighted by molar-refractivity contribution is 5.87. The summed E-state index contributed by atoms with van der Waals surface area (Å²) in [7, 11) is 0. The van der Waals surface area contributed by atoms with E-state index in [1.165, 1.54) is 6.92 Å². The predicted octanol–water partition coefficient (Wildman–Crippen LogP) is 1.83. The molecule has 1 aliphatic rings. The molecule has 0 spiro atoms. The van der Waals surface area contributed by atoms with Crippen LogP contribution >= 0.6 is 0 Å². The van der Waals surface area contributed by atoms with Gasteiger partial charge in [0, 0.05) is 6.42 Å². The van der Waals surface area contributed by atoms with Gasteiger partial charge < -0.3 is 0 Å². The third-order valence-corrected chi connectivity index (χ3v) is 3.86. The van der Waals surface area contributed by atoms with Gasteiger partial charge >= 0.3 is 0 Å². The lowest BCUT2D eigenvalue weighted by molar-refractivity contribution is -0.135. The smallest absolute Gasteiger partial charge is 0.184 e. The van der Waals surface area contributed by atoms with Crippen molar-refractivity contribution in [3.05, 3.63) is 0 Å². The van der Waals surface area contributed by atoms with Crippen LogP contribution in [0.4, 0.5) is 0 Å². The van der Waals surface area contributed by atoms with E-state index in [1.807, 2.05) is 0 Å². The largest absolute Gasteiger partial charge is 0.299 e. The summed E-state index contributed by atoms with van der Waals surface area (Å²) in [6.45, 7) is 1.53. The molecular formula is C13H12N4O. The molecule has 0 heterocycles. The van der Waals surface area contributed by atoms with E-state index in [1.54, 1.807) is 24.3 Å². The molecule has 1 atom stereocenters. The van der Waals surface area contributed by atoms with Crippen LogP contribution in [0.1, 0.15) is 32.6 Å². The van der Waals surface area contributed by atoms with Gasteiger partial charge in [-0.25, -0.2) is 0 Å². The van der Waals surface area contributed by atoms with Gasteiger partial charge in [0.05, 0.1) is 29.7 Å². The van der Waals surface area contributed by atoms with Crippen molar-refractivity contribution in [2.45, 2.75) is 32.6 Å². The second-order valence-electron chi connectivity index (χ2n) is 4.69. The Morgan fingerprint density at radius 3 is 2.11 bits per heavy atom. The van der Waals surface area contributed by atoms with Crippen LogP contribution in [0.5, 0.6) is 0 Å². The van der Waals surface area contributed by atoms with Gasteiger partial charge in [-0.15, -0.1) is 0 Å². The van der Waals surface area contributed by atoms with E-state index < -0.39 is 16.7 Å². The number of rotatable bonds is 2. The quantitative estimate of drug-likeness (QED) is 0.730. The summed E-state index contributed by atoms with van der Waals surface area (Å²) < 4.78 is 0. The standard InChI is InChI=1S/C13H12N4O/c1-12(5-3-2-4-11(12)18)13(8-16,9-17)10(6-14)7-15/h10H,2-5H2,1H3. The summed E-state index contributed by atoms with van der Waals surface area (Å²) in [5.74, 6) is -1.62. The fourth-order valence-electron chi connectivity index (χ4n) is 2.54. The fourth-order valence-corrected chi connectivity index (χ4v) is 2.54. The van der Waals surface area contributed by atoms with Crippen LogP contribution in [0.3, 0.4) is 0 Å². The monoisotopic (exact) mass is 240 g/mol. The third kappa shape index (κ3) is 1.62. The Hall–Kier alpha value is -2.37. The number of Topliss-reactive ketones (excluding diaryl/α,β-unsaturated/α-hetero) is 1. The van der Waals surface area contributed by atoms with Crippen LogP contribution in [0.2, 0.25) is 0 Å². The molecular weight excluding hydrogens is 228 g/mol. The van der Waals surface area contributed by atoms with Crippen LogP contribution in [-0.4, -0.2) is 5.78 Å². The summed E-state index contributed by atoms with van der Waals surface area (Å²) in [4.78, 5) is 12.1. The van der Waals surface area contributed by atoms with E-state index in [2.05, 4.69) is 0 Å². The molecule has 0 aromatic rings. The normalized spacial score (nSPS) is 23.6. The number of nitriles is 4. The summed E-state index contributed by atoms with van der Waals surface area (Å²) in [6.07, 6.45) is 2.11. The zero-order valence-corrected chi connectivity index (χ0v) is 10.1. The van der Waals surface area contributed by atoms with Crippen LogP contribution in [0.25, 0.3) is 0 Å². The summed E-state index contributed by atoms with van der Waals surface area (Å²) >= 11 is 0. The second-order valence-corrected chi connectivity index (χ2v) is 4.69. The Morgan fingerprint density at radius 2 is 1.72 bits per heavy atom. The van der Waals surface area contributed by atoms with E-state index in [0.717, 1.165) is 12.8 Å². The van der Waals surface area contributed by atoms with E-state index in [4.69, 9.17) is 10.5 Å². The first-order valence-corrected chi connectivity index (χ1v) is 5.67. The zero-order valence-electron chi connectivity index (χ0n) is 10.1. The molecule has 1 fully saturated rings. The molecule has 0 saturated heterocycles. The van der Waals surface area contributed by atoms with Crippen LogP contribution in [0.15, 0.2) is 0 Å². The van der Waals surface area contributed by atoms with Crippen molar-refractivity contribution in [3.63, 3.8) is 0 Å². The first kappa shape index (κ1) is 13.7. The van der Waals surface area contributed by atoms with Crippen molar-refractivity contribution in [2.75, 3.05) is 0 Å². The van der Waals surface area contributed by atoms with Gasteiger partial charge in [0.1, 0.15) is 5.78 Å². The number of hydrogen-bond donors (Lipinski definition) is 0. The Balaban J connectivity index is 3.44. The first-order chi connectivity index (χ1) is 8.52. The Morgan fingerprint density at radius 1 is 1.17 bits per heavy atom. The lowest BCUT2D eigenvalue weighted by Crippen LogP contribution is -2.49. The minimum atomic E-state index is -1.88. The highest BCUT2D eigenvalue weighted by Crippen LogP contribution is 2.51. The van der Waals surface area contributed by atoms with Gasteiger partial charge in [-0.1, -0.05) is 6.42 Å². The molecule has 5 heteroatoms. The number of hydrogen-bond acceptors (Lipinski definition) is 5. The lowest BCUT2D eigenvalue weighted by atomic mass is 9.54. The molecule has 18 heavy (non-hydrogen) atoms. The van der Waals surface area contributed by atoms with Crippen molar-refractivity contribution in [1.82, 2.24) is 0 Å². The average Bonchev–Trinajstić information content (AvgIpc) is 2.39. The minimum Gasteiger partial charge on any atom is -0.299 e. The Bertz CT molecular complexity index is 497. The summed E-state index contributed by atoms with van der Waals surface area (Å²) in [5, 5.41) is 36.6. The average molecular weight is 240 g/mol. The number of ketones is 1. The van der Waals surface area contributed by atoms with E-state index in [-0.39, 0.29) is 5.78 Å². The first-order valence-electron chi connectivity index (χ1n) is 5.67. The van der Waals surface area contributed by atoms with Crippen LogP contribution < -0.4 is 0 Å². The van der Waals surface area contributed by atoms with Gasteiger partial charge in [0.25, 0.3) is 0 Å². The molecule has 0 aromatic carbocycles. The molecule has 0 aromatic heterocycles. The maximum absolute atomic E-state index is 12.1.